The van der Waals surface area contributed by atoms with Crippen LogP contribution in [0.1, 0.15) is 16.1 Å². The van der Waals surface area contributed by atoms with Crippen LogP contribution in [-0.4, -0.2) is 38.7 Å². The first-order valence-electron chi connectivity index (χ1n) is 10.4. The first-order valence-corrected chi connectivity index (χ1v) is 11.2. The molecule has 0 saturated carbocycles. The summed E-state index contributed by atoms with van der Waals surface area (Å²) < 4.78 is 15.1. The van der Waals surface area contributed by atoms with Gasteiger partial charge in [-0.2, -0.15) is 5.10 Å². The van der Waals surface area contributed by atoms with E-state index in [9.17, 15) is 9.18 Å². The molecule has 0 fully saturated rings. The highest BCUT2D eigenvalue weighted by Gasteiger charge is 2.14. The molecule has 0 spiro atoms. The van der Waals surface area contributed by atoms with Gasteiger partial charge in [0.05, 0.1) is 19.3 Å². The molecule has 0 aliphatic rings. The van der Waals surface area contributed by atoms with Gasteiger partial charge in [-0.3, -0.25) is 14.7 Å². The molecule has 0 aliphatic carbocycles. The monoisotopic (exact) mass is 449 g/mol. The summed E-state index contributed by atoms with van der Waals surface area (Å²) in [7, 11) is 0. The second-order valence-electron chi connectivity index (χ2n) is 7.41. The van der Waals surface area contributed by atoms with E-state index >= 15 is 0 Å². The molecule has 0 bridgehead atoms. The van der Waals surface area contributed by atoms with Crippen molar-refractivity contribution in [3.63, 3.8) is 0 Å². The molecule has 0 atom stereocenters. The molecule has 4 rings (SSSR count). The molecule has 0 unspecified atom stereocenters. The number of hydrogen-bond acceptors (Lipinski definition) is 5. The highest BCUT2D eigenvalue weighted by atomic mass is 32.1. The Bertz CT molecular complexity index is 1110. The average Bonchev–Trinajstić information content (AvgIpc) is 3.47. The van der Waals surface area contributed by atoms with Crippen molar-refractivity contribution < 1.29 is 9.18 Å². The third-order valence-electron chi connectivity index (χ3n) is 4.97. The largest absolute Gasteiger partial charge is 0.310 e. The summed E-state index contributed by atoms with van der Waals surface area (Å²) >= 11 is 1.65. The lowest BCUT2D eigenvalue weighted by Gasteiger charge is -2.22. The summed E-state index contributed by atoms with van der Waals surface area (Å²) in [4.78, 5) is 20.4. The lowest BCUT2D eigenvalue weighted by atomic mass is 10.2. The number of carbonyl (C=O) groups excluding carboxylic acids is 1. The third-order valence-corrected chi connectivity index (χ3v) is 5.83. The summed E-state index contributed by atoms with van der Waals surface area (Å²) in [5, 5.41) is 9.32. The Labute approximate surface area is 190 Å². The Morgan fingerprint density at radius 3 is 2.69 bits per heavy atom. The zero-order valence-corrected chi connectivity index (χ0v) is 18.3. The van der Waals surface area contributed by atoms with Gasteiger partial charge in [-0.1, -0.05) is 24.3 Å². The van der Waals surface area contributed by atoms with Gasteiger partial charge in [-0.15, -0.1) is 11.3 Å². The van der Waals surface area contributed by atoms with Crippen molar-refractivity contribution in [3.05, 3.63) is 100 Å². The Hall–Kier alpha value is -3.36. The van der Waals surface area contributed by atoms with Crippen LogP contribution in [0.15, 0.2) is 78.4 Å². The van der Waals surface area contributed by atoms with Gasteiger partial charge in [0.2, 0.25) is 5.91 Å². The fraction of sp³-hybridized carbons (Fsp3) is 0.208. The first kappa shape index (κ1) is 21.9. The second kappa shape index (κ2) is 10.8. The molecule has 0 saturated heterocycles. The molecule has 1 N–H and O–H groups in total. The number of carbonyl (C=O) groups is 1. The zero-order chi connectivity index (χ0) is 22.2. The van der Waals surface area contributed by atoms with Gasteiger partial charge in [-0.05, 0) is 41.3 Å². The van der Waals surface area contributed by atoms with Crippen LogP contribution in [0.3, 0.4) is 0 Å². The molecular formula is C24H24FN5OS. The number of hydrogen-bond donors (Lipinski definition) is 1. The van der Waals surface area contributed by atoms with Crippen molar-refractivity contribution >= 4 is 23.1 Å². The van der Waals surface area contributed by atoms with Gasteiger partial charge in [0.15, 0.2) is 0 Å². The number of thiophene rings is 1. The van der Waals surface area contributed by atoms with Crippen LogP contribution in [0, 0.1) is 5.82 Å². The molecule has 32 heavy (non-hydrogen) atoms. The molecule has 0 radical (unpaired) electrons. The van der Waals surface area contributed by atoms with Gasteiger partial charge in [-0.25, -0.2) is 9.07 Å². The lowest BCUT2D eigenvalue weighted by molar-refractivity contribution is -0.117. The normalized spacial score (nSPS) is 11.1. The van der Waals surface area contributed by atoms with Crippen molar-refractivity contribution in [3.8, 4) is 0 Å². The fourth-order valence-corrected chi connectivity index (χ4v) is 4.07. The van der Waals surface area contributed by atoms with Gasteiger partial charge in [0, 0.05) is 42.3 Å². The maximum atomic E-state index is 13.3. The number of aromatic nitrogens is 3. The van der Waals surface area contributed by atoms with Crippen LogP contribution in [0.25, 0.3) is 0 Å². The molecule has 3 heterocycles. The van der Waals surface area contributed by atoms with Crippen molar-refractivity contribution in [2.75, 3.05) is 18.4 Å². The third kappa shape index (κ3) is 6.32. The van der Waals surface area contributed by atoms with E-state index in [-0.39, 0.29) is 18.3 Å². The Morgan fingerprint density at radius 2 is 1.94 bits per heavy atom. The van der Waals surface area contributed by atoms with E-state index in [4.69, 9.17) is 0 Å². The van der Waals surface area contributed by atoms with E-state index in [1.165, 1.54) is 12.1 Å². The minimum Gasteiger partial charge on any atom is -0.310 e. The summed E-state index contributed by atoms with van der Waals surface area (Å²) in [5.41, 5.74) is 1.91. The summed E-state index contributed by atoms with van der Waals surface area (Å²) in [6, 6.07) is 18.0. The SMILES string of the molecule is O=C(CN(CCc1ccccn1)Cc1ccc(F)cc1)Nc1ccnn1Cc1cccs1. The maximum absolute atomic E-state index is 13.3. The van der Waals surface area contributed by atoms with E-state index in [2.05, 4.69) is 15.4 Å². The van der Waals surface area contributed by atoms with E-state index in [1.807, 2.05) is 40.6 Å². The van der Waals surface area contributed by atoms with Crippen molar-refractivity contribution in [2.45, 2.75) is 19.5 Å². The van der Waals surface area contributed by atoms with E-state index < -0.39 is 0 Å². The maximum Gasteiger partial charge on any atom is 0.239 e. The highest BCUT2D eigenvalue weighted by Crippen LogP contribution is 2.15. The van der Waals surface area contributed by atoms with E-state index in [0.29, 0.717) is 31.9 Å². The number of rotatable bonds is 10. The van der Waals surface area contributed by atoms with Gasteiger partial charge in [0.25, 0.3) is 0 Å². The van der Waals surface area contributed by atoms with E-state index in [1.54, 1.807) is 46.6 Å². The molecule has 6 nitrogen and oxygen atoms in total. The minimum absolute atomic E-state index is 0.124. The fourth-order valence-electron chi connectivity index (χ4n) is 3.38. The average molecular weight is 450 g/mol. The predicted octanol–water partition coefficient (Wildman–Crippen LogP) is 4.21. The quantitative estimate of drug-likeness (QED) is 0.394. The molecule has 164 valence electrons. The highest BCUT2D eigenvalue weighted by molar-refractivity contribution is 7.09. The summed E-state index contributed by atoms with van der Waals surface area (Å²) in [6.07, 6.45) is 4.16. The first-order chi connectivity index (χ1) is 15.7. The number of amides is 1. The molecule has 1 aromatic carbocycles. The topological polar surface area (TPSA) is 63.1 Å². The number of pyridine rings is 1. The molecular weight excluding hydrogens is 425 g/mol. The van der Waals surface area contributed by atoms with Crippen LogP contribution in [0.2, 0.25) is 0 Å². The summed E-state index contributed by atoms with van der Waals surface area (Å²) in [5.74, 6) is 0.265. The molecule has 4 aromatic rings. The smallest absolute Gasteiger partial charge is 0.239 e. The van der Waals surface area contributed by atoms with Crippen LogP contribution in [0.4, 0.5) is 10.2 Å². The molecule has 1 amide bonds. The van der Waals surface area contributed by atoms with Crippen molar-refractivity contribution in [1.29, 1.82) is 0 Å². The van der Waals surface area contributed by atoms with Gasteiger partial charge in [0.1, 0.15) is 11.6 Å². The van der Waals surface area contributed by atoms with Crippen molar-refractivity contribution in [1.82, 2.24) is 19.7 Å². The number of nitrogens with zero attached hydrogens (tertiary/aromatic N) is 4. The number of anilines is 1. The lowest BCUT2D eigenvalue weighted by Crippen LogP contribution is -2.35. The summed E-state index contributed by atoms with van der Waals surface area (Å²) in [6.45, 7) is 2.00. The minimum atomic E-state index is -0.273. The van der Waals surface area contributed by atoms with Crippen LogP contribution >= 0.6 is 11.3 Å². The van der Waals surface area contributed by atoms with Gasteiger partial charge < -0.3 is 5.32 Å². The second-order valence-corrected chi connectivity index (χ2v) is 8.44. The van der Waals surface area contributed by atoms with E-state index in [0.717, 1.165) is 16.1 Å². The van der Waals surface area contributed by atoms with Gasteiger partial charge >= 0.3 is 0 Å². The molecule has 0 aliphatic heterocycles. The Balaban J connectivity index is 1.40. The Kier molecular flexibility index (Phi) is 7.37. The molecule has 8 heteroatoms. The van der Waals surface area contributed by atoms with Crippen LogP contribution in [-0.2, 0) is 24.3 Å². The Morgan fingerprint density at radius 1 is 1.06 bits per heavy atom. The zero-order valence-electron chi connectivity index (χ0n) is 17.5. The number of nitrogens with one attached hydrogen (secondary N) is 1. The standard InChI is InChI=1S/C24H24FN5OS/c25-20-8-6-19(7-9-20)16-29(14-11-21-4-1-2-12-26-21)18-24(31)28-23-10-13-27-30(23)17-22-5-3-15-32-22/h1-10,12-13,15H,11,14,16-18H2,(H,28,31). The van der Waals surface area contributed by atoms with Crippen LogP contribution in [0.5, 0.6) is 0 Å². The molecule has 3 aromatic heterocycles. The number of benzene rings is 1. The predicted molar refractivity (Wildman–Crippen MR) is 124 cm³/mol. The van der Waals surface area contributed by atoms with Crippen LogP contribution < -0.4 is 5.32 Å². The van der Waals surface area contributed by atoms with Crippen molar-refractivity contribution in [2.24, 2.45) is 0 Å². The number of halogens is 1.